The van der Waals surface area contributed by atoms with E-state index in [9.17, 15) is 4.79 Å². The van der Waals surface area contributed by atoms with Crippen LogP contribution in [0.3, 0.4) is 0 Å². The fourth-order valence-corrected chi connectivity index (χ4v) is 1.89. The minimum atomic E-state index is -1.61. The predicted molar refractivity (Wildman–Crippen MR) is 61.7 cm³/mol. The molecule has 0 spiro atoms. The summed E-state index contributed by atoms with van der Waals surface area (Å²) in [7, 11) is 0. The lowest BCUT2D eigenvalue weighted by molar-refractivity contribution is -0.137. The van der Waals surface area contributed by atoms with Crippen molar-refractivity contribution < 1.29 is 9.90 Å². The minimum Gasteiger partial charge on any atom is -0.481 e. The number of carboxylic acid groups (broad SMARTS) is 1. The highest BCUT2D eigenvalue weighted by molar-refractivity contribution is 6.68. The zero-order valence-electron chi connectivity index (χ0n) is 7.66. The standard InChI is InChI=1S/C10H9Cl3O2/c11-10(12,13)8(6-9(14)15)7-4-2-1-3-5-7/h1-5,8H,6H2,(H,14,15). The number of aliphatic carboxylic acids is 1. The van der Waals surface area contributed by atoms with Crippen LogP contribution in [0.1, 0.15) is 17.9 Å². The molecule has 0 radical (unpaired) electrons. The Morgan fingerprint density at radius 2 is 1.80 bits per heavy atom. The van der Waals surface area contributed by atoms with E-state index in [-0.39, 0.29) is 6.42 Å². The summed E-state index contributed by atoms with van der Waals surface area (Å²) in [6, 6.07) is 8.87. The van der Waals surface area contributed by atoms with Crippen molar-refractivity contribution >= 4 is 40.8 Å². The van der Waals surface area contributed by atoms with Crippen LogP contribution in [0.2, 0.25) is 0 Å². The predicted octanol–water partition coefficient (Wildman–Crippen LogP) is 3.62. The largest absolute Gasteiger partial charge is 0.481 e. The highest BCUT2D eigenvalue weighted by Crippen LogP contribution is 2.43. The van der Waals surface area contributed by atoms with Gasteiger partial charge >= 0.3 is 5.97 Å². The van der Waals surface area contributed by atoms with E-state index in [1.165, 1.54) is 0 Å². The lowest BCUT2D eigenvalue weighted by Crippen LogP contribution is -2.20. The van der Waals surface area contributed by atoms with Crippen LogP contribution >= 0.6 is 34.8 Å². The van der Waals surface area contributed by atoms with Crippen molar-refractivity contribution in [2.75, 3.05) is 0 Å². The Bertz CT molecular complexity index is 332. The quantitative estimate of drug-likeness (QED) is 0.849. The van der Waals surface area contributed by atoms with Gasteiger partial charge in [-0.05, 0) is 5.56 Å². The second kappa shape index (κ2) is 5.06. The second-order valence-electron chi connectivity index (χ2n) is 3.10. The maximum atomic E-state index is 10.7. The molecular formula is C10H9Cl3O2. The molecule has 15 heavy (non-hydrogen) atoms. The van der Waals surface area contributed by atoms with Crippen molar-refractivity contribution in [3.8, 4) is 0 Å². The zero-order valence-corrected chi connectivity index (χ0v) is 9.93. The molecule has 0 amide bonds. The Morgan fingerprint density at radius 1 is 1.27 bits per heavy atom. The number of rotatable bonds is 3. The van der Waals surface area contributed by atoms with Crippen molar-refractivity contribution in [3.05, 3.63) is 35.9 Å². The summed E-state index contributed by atoms with van der Waals surface area (Å²) in [6.45, 7) is 0. The molecule has 5 heteroatoms. The molecule has 82 valence electrons. The number of benzene rings is 1. The molecule has 2 nitrogen and oxygen atoms in total. The first-order valence-electron chi connectivity index (χ1n) is 4.24. The summed E-state index contributed by atoms with van der Waals surface area (Å²) in [5.74, 6) is -1.63. The molecule has 1 rings (SSSR count). The summed E-state index contributed by atoms with van der Waals surface area (Å²) in [4.78, 5) is 10.7. The number of alkyl halides is 3. The van der Waals surface area contributed by atoms with Crippen molar-refractivity contribution in [2.24, 2.45) is 0 Å². The van der Waals surface area contributed by atoms with Crippen molar-refractivity contribution in [2.45, 2.75) is 16.1 Å². The van der Waals surface area contributed by atoms with Crippen LogP contribution in [0.5, 0.6) is 0 Å². The number of hydrogen-bond acceptors (Lipinski definition) is 1. The van der Waals surface area contributed by atoms with Gasteiger partial charge in [0.25, 0.3) is 0 Å². The first kappa shape index (κ1) is 12.6. The Kier molecular flexibility index (Phi) is 4.26. The normalized spacial score (nSPS) is 13.5. The molecule has 0 aromatic heterocycles. The summed E-state index contributed by atoms with van der Waals surface area (Å²) in [5, 5.41) is 8.73. The van der Waals surface area contributed by atoms with Gasteiger partial charge in [0.1, 0.15) is 0 Å². The maximum Gasteiger partial charge on any atom is 0.304 e. The van der Waals surface area contributed by atoms with Gasteiger partial charge in [-0.2, -0.15) is 0 Å². The monoisotopic (exact) mass is 266 g/mol. The summed E-state index contributed by atoms with van der Waals surface area (Å²) >= 11 is 17.2. The molecule has 1 N–H and O–H groups in total. The van der Waals surface area contributed by atoms with Crippen molar-refractivity contribution in [1.82, 2.24) is 0 Å². The number of halogens is 3. The lowest BCUT2D eigenvalue weighted by atomic mass is 9.97. The second-order valence-corrected chi connectivity index (χ2v) is 5.47. The topological polar surface area (TPSA) is 37.3 Å². The Balaban J connectivity index is 2.97. The molecule has 1 aromatic rings. The van der Waals surface area contributed by atoms with Gasteiger partial charge in [0.15, 0.2) is 3.79 Å². The summed E-state index contributed by atoms with van der Waals surface area (Å²) in [6.07, 6.45) is -0.208. The van der Waals surface area contributed by atoms with Crippen LogP contribution < -0.4 is 0 Å². The Hall–Kier alpha value is -0.440. The highest BCUT2D eigenvalue weighted by atomic mass is 35.6. The summed E-state index contributed by atoms with van der Waals surface area (Å²) in [5.41, 5.74) is 0.708. The molecule has 0 bridgehead atoms. The molecule has 0 aliphatic rings. The summed E-state index contributed by atoms with van der Waals surface area (Å²) < 4.78 is -1.61. The molecule has 0 heterocycles. The third kappa shape index (κ3) is 3.90. The van der Waals surface area contributed by atoms with Crippen molar-refractivity contribution in [1.29, 1.82) is 0 Å². The molecule has 0 saturated heterocycles. The Morgan fingerprint density at radius 3 is 2.20 bits per heavy atom. The van der Waals surface area contributed by atoms with Crippen LogP contribution in [0, 0.1) is 0 Å². The molecule has 0 saturated carbocycles. The van der Waals surface area contributed by atoms with Crippen molar-refractivity contribution in [3.63, 3.8) is 0 Å². The molecule has 1 unspecified atom stereocenters. The van der Waals surface area contributed by atoms with Crippen LogP contribution in [0.4, 0.5) is 0 Å². The lowest BCUT2D eigenvalue weighted by Gasteiger charge is -2.23. The fraction of sp³-hybridized carbons (Fsp3) is 0.300. The molecule has 0 fully saturated rings. The SMILES string of the molecule is O=C(O)CC(c1ccccc1)C(Cl)(Cl)Cl. The van der Waals surface area contributed by atoms with Gasteiger partial charge in [-0.15, -0.1) is 0 Å². The van der Waals surface area contributed by atoms with E-state index in [1.807, 2.05) is 6.07 Å². The van der Waals surface area contributed by atoms with Gasteiger partial charge in [0.2, 0.25) is 0 Å². The highest BCUT2D eigenvalue weighted by Gasteiger charge is 2.35. The fourth-order valence-electron chi connectivity index (χ4n) is 1.28. The third-order valence-corrected chi connectivity index (χ3v) is 2.77. The third-order valence-electron chi connectivity index (χ3n) is 1.98. The average Bonchev–Trinajstić information content (AvgIpc) is 2.14. The van der Waals surface area contributed by atoms with E-state index in [0.717, 1.165) is 0 Å². The molecule has 1 atom stereocenters. The average molecular weight is 268 g/mol. The van der Waals surface area contributed by atoms with Gasteiger partial charge in [-0.1, -0.05) is 65.1 Å². The van der Waals surface area contributed by atoms with Crippen LogP contribution in [-0.2, 0) is 4.79 Å². The molecule has 0 aliphatic carbocycles. The van der Waals surface area contributed by atoms with Gasteiger partial charge in [0, 0.05) is 5.92 Å². The molecule has 1 aromatic carbocycles. The van der Waals surface area contributed by atoms with Gasteiger partial charge in [-0.3, -0.25) is 4.79 Å². The van der Waals surface area contributed by atoms with E-state index in [1.54, 1.807) is 24.3 Å². The Labute approximate surface area is 103 Å². The number of carbonyl (C=O) groups is 1. The number of hydrogen-bond donors (Lipinski definition) is 1. The van der Waals surface area contributed by atoms with E-state index in [0.29, 0.717) is 5.56 Å². The minimum absolute atomic E-state index is 0.208. The first-order chi connectivity index (χ1) is 6.91. The van der Waals surface area contributed by atoms with Crippen LogP contribution in [0.25, 0.3) is 0 Å². The van der Waals surface area contributed by atoms with Crippen LogP contribution in [0.15, 0.2) is 30.3 Å². The van der Waals surface area contributed by atoms with E-state index < -0.39 is 15.7 Å². The van der Waals surface area contributed by atoms with Gasteiger partial charge in [0.05, 0.1) is 6.42 Å². The van der Waals surface area contributed by atoms with E-state index >= 15 is 0 Å². The van der Waals surface area contributed by atoms with Gasteiger partial charge in [-0.25, -0.2) is 0 Å². The smallest absolute Gasteiger partial charge is 0.304 e. The molecular weight excluding hydrogens is 258 g/mol. The number of carboxylic acids is 1. The zero-order chi connectivity index (χ0) is 11.5. The maximum absolute atomic E-state index is 10.7. The van der Waals surface area contributed by atoms with Crippen LogP contribution in [-0.4, -0.2) is 14.9 Å². The van der Waals surface area contributed by atoms with Gasteiger partial charge < -0.3 is 5.11 Å². The first-order valence-corrected chi connectivity index (χ1v) is 5.38. The molecule has 0 aliphatic heterocycles. The van der Waals surface area contributed by atoms with E-state index in [2.05, 4.69) is 0 Å². The van der Waals surface area contributed by atoms with E-state index in [4.69, 9.17) is 39.9 Å².